The summed E-state index contributed by atoms with van der Waals surface area (Å²) in [6.45, 7) is 7.20. The summed E-state index contributed by atoms with van der Waals surface area (Å²) in [6, 6.07) is 16.9. The molecule has 0 saturated heterocycles. The van der Waals surface area contributed by atoms with Crippen molar-refractivity contribution in [2.75, 3.05) is 4.90 Å². The second-order valence-electron chi connectivity index (χ2n) is 8.98. The van der Waals surface area contributed by atoms with Gasteiger partial charge in [0.2, 0.25) is 5.91 Å². The third-order valence-electron chi connectivity index (χ3n) is 5.89. The van der Waals surface area contributed by atoms with Crippen molar-refractivity contribution in [3.63, 3.8) is 0 Å². The average molecular weight is 403 g/mol. The molecule has 1 heterocycles. The minimum atomic E-state index is -1.05. The Labute approximate surface area is 176 Å². The fraction of sp³-hybridized carbons (Fsp3) is 0.320. The molecular weight excluding hydrogens is 378 g/mol. The van der Waals surface area contributed by atoms with Crippen LogP contribution in [0.4, 0.5) is 10.5 Å². The number of anilines is 1. The number of hydrogen-bond donors (Lipinski definition) is 0. The van der Waals surface area contributed by atoms with Crippen molar-refractivity contribution >= 4 is 24.0 Å². The molecule has 2 aliphatic rings. The number of aldehydes is 1. The number of fused-ring (bicyclic) bond motifs is 2. The zero-order valence-electron chi connectivity index (χ0n) is 17.6. The lowest BCUT2D eigenvalue weighted by Crippen LogP contribution is -2.47. The van der Waals surface area contributed by atoms with Crippen LogP contribution in [0.15, 0.2) is 65.7 Å². The lowest BCUT2D eigenvalue weighted by atomic mass is 9.68. The Morgan fingerprint density at radius 1 is 1.10 bits per heavy atom. The van der Waals surface area contributed by atoms with Crippen molar-refractivity contribution in [2.24, 2.45) is 0 Å². The van der Waals surface area contributed by atoms with Crippen LogP contribution in [0.3, 0.4) is 0 Å². The Hall–Kier alpha value is -3.21. The molecule has 2 aromatic rings. The highest BCUT2D eigenvalue weighted by Gasteiger charge is 2.61. The molecule has 5 nitrogen and oxygen atoms in total. The van der Waals surface area contributed by atoms with E-state index in [1.54, 1.807) is 32.9 Å². The highest BCUT2D eigenvalue weighted by Crippen LogP contribution is 2.59. The first kappa shape index (κ1) is 20.1. The molecule has 0 unspecified atom stereocenters. The molecule has 0 saturated carbocycles. The zero-order valence-corrected chi connectivity index (χ0v) is 17.6. The molecular formula is C25H25NO4. The largest absolute Gasteiger partial charge is 0.443 e. The van der Waals surface area contributed by atoms with Crippen molar-refractivity contribution in [1.29, 1.82) is 0 Å². The summed E-state index contributed by atoms with van der Waals surface area (Å²) in [6.07, 6.45) is 0.546. The van der Waals surface area contributed by atoms with Crippen LogP contribution in [0.25, 0.3) is 0 Å². The third kappa shape index (κ3) is 2.88. The molecule has 154 valence electrons. The van der Waals surface area contributed by atoms with Crippen LogP contribution >= 0.6 is 0 Å². The minimum Gasteiger partial charge on any atom is -0.443 e. The van der Waals surface area contributed by atoms with Gasteiger partial charge in [-0.1, -0.05) is 54.1 Å². The number of rotatable bonds is 2. The maximum Gasteiger partial charge on any atom is 0.421 e. The van der Waals surface area contributed by atoms with E-state index >= 15 is 0 Å². The molecule has 4 rings (SSSR count). The summed E-state index contributed by atoms with van der Waals surface area (Å²) in [4.78, 5) is 40.3. The van der Waals surface area contributed by atoms with Crippen molar-refractivity contribution in [3.05, 3.63) is 76.9 Å². The van der Waals surface area contributed by atoms with E-state index in [-0.39, 0.29) is 5.91 Å². The van der Waals surface area contributed by atoms with E-state index in [0.717, 1.165) is 27.9 Å². The second kappa shape index (κ2) is 6.94. The highest BCUT2D eigenvalue weighted by atomic mass is 16.6. The normalized spacial score (nSPS) is 23.1. The first-order valence-corrected chi connectivity index (χ1v) is 10.1. The molecule has 1 spiro atoms. The lowest BCUT2D eigenvalue weighted by molar-refractivity contribution is -0.123. The molecule has 0 fully saturated rings. The van der Waals surface area contributed by atoms with Crippen LogP contribution in [0.1, 0.15) is 51.2 Å². The highest BCUT2D eigenvalue weighted by molar-refractivity contribution is 6.22. The number of carbonyl (C=O) groups excluding carboxylic acids is 3. The number of benzene rings is 2. The van der Waals surface area contributed by atoms with Gasteiger partial charge in [0.1, 0.15) is 11.9 Å². The van der Waals surface area contributed by atoms with E-state index in [2.05, 4.69) is 0 Å². The Kier molecular flexibility index (Phi) is 4.64. The van der Waals surface area contributed by atoms with E-state index in [4.69, 9.17) is 4.74 Å². The summed E-state index contributed by atoms with van der Waals surface area (Å²) in [5.74, 6) is -0.805. The van der Waals surface area contributed by atoms with Gasteiger partial charge in [0.05, 0.1) is 11.1 Å². The van der Waals surface area contributed by atoms with Crippen LogP contribution in [-0.2, 0) is 19.7 Å². The number of nitrogens with zero attached hydrogens (tertiary/aromatic N) is 1. The zero-order chi connectivity index (χ0) is 21.7. The van der Waals surface area contributed by atoms with E-state index < -0.39 is 23.0 Å². The van der Waals surface area contributed by atoms with Crippen molar-refractivity contribution < 1.29 is 19.1 Å². The minimum absolute atomic E-state index is 0.344. The fourth-order valence-electron chi connectivity index (χ4n) is 4.82. The first-order chi connectivity index (χ1) is 14.2. The average Bonchev–Trinajstić information content (AvgIpc) is 3.13. The number of ether oxygens (including phenoxy) is 1. The standard InChI is InChI=1S/C25H25NO4/c1-16-14-25(21(18(16)15-27)17-10-6-5-7-11-17)19-12-8-9-13-20(19)26(22(25)28)23(29)30-24(2,3)4/h5-13,15,21H,14H2,1-4H3/t21-,25+/m1/s1. The predicted molar refractivity (Wildman–Crippen MR) is 114 cm³/mol. The van der Waals surface area contributed by atoms with Gasteiger partial charge in [0, 0.05) is 5.92 Å². The van der Waals surface area contributed by atoms with Crippen molar-refractivity contribution in [3.8, 4) is 0 Å². The molecule has 0 radical (unpaired) electrons. The Morgan fingerprint density at radius 2 is 1.73 bits per heavy atom. The Balaban J connectivity index is 1.92. The fourth-order valence-corrected chi connectivity index (χ4v) is 4.82. The van der Waals surface area contributed by atoms with Crippen molar-refractivity contribution in [1.82, 2.24) is 0 Å². The molecule has 30 heavy (non-hydrogen) atoms. The van der Waals surface area contributed by atoms with Crippen molar-refractivity contribution in [2.45, 2.75) is 51.0 Å². The maximum absolute atomic E-state index is 14.0. The Morgan fingerprint density at radius 3 is 2.37 bits per heavy atom. The quantitative estimate of drug-likeness (QED) is 0.669. The molecule has 2 amide bonds. The van der Waals surface area contributed by atoms with Gasteiger partial charge in [0.15, 0.2) is 0 Å². The van der Waals surface area contributed by atoms with Gasteiger partial charge in [0.25, 0.3) is 0 Å². The van der Waals surface area contributed by atoms with Crippen LogP contribution < -0.4 is 4.90 Å². The van der Waals surface area contributed by atoms with E-state index in [1.807, 2.05) is 49.4 Å². The number of para-hydroxylation sites is 1. The molecule has 5 heteroatoms. The molecule has 1 aliphatic carbocycles. The van der Waals surface area contributed by atoms with E-state index in [9.17, 15) is 14.4 Å². The van der Waals surface area contributed by atoms with E-state index in [1.165, 1.54) is 0 Å². The van der Waals surface area contributed by atoms with Gasteiger partial charge >= 0.3 is 6.09 Å². The number of carbonyl (C=O) groups is 3. The topological polar surface area (TPSA) is 63.7 Å². The Bertz CT molecular complexity index is 1060. The van der Waals surface area contributed by atoms with Gasteiger partial charge in [-0.25, -0.2) is 9.69 Å². The van der Waals surface area contributed by atoms with Gasteiger partial charge < -0.3 is 4.74 Å². The molecule has 0 bridgehead atoms. The lowest BCUT2D eigenvalue weighted by Gasteiger charge is -2.32. The first-order valence-electron chi connectivity index (χ1n) is 10.1. The number of allylic oxidation sites excluding steroid dienone is 2. The van der Waals surface area contributed by atoms with Crippen LogP contribution in [0, 0.1) is 0 Å². The number of hydrogen-bond acceptors (Lipinski definition) is 4. The summed E-state index contributed by atoms with van der Waals surface area (Å²) in [5.41, 5.74) is 1.85. The number of amides is 2. The summed E-state index contributed by atoms with van der Waals surface area (Å²) in [7, 11) is 0. The maximum atomic E-state index is 14.0. The molecule has 2 atom stereocenters. The van der Waals surface area contributed by atoms with Gasteiger partial charge in [-0.3, -0.25) is 9.59 Å². The molecule has 1 aliphatic heterocycles. The van der Waals surface area contributed by atoms with Crippen LogP contribution in [0.5, 0.6) is 0 Å². The van der Waals surface area contributed by atoms with Gasteiger partial charge in [-0.15, -0.1) is 0 Å². The summed E-state index contributed by atoms with van der Waals surface area (Å²) >= 11 is 0. The van der Waals surface area contributed by atoms with Crippen LogP contribution in [0.2, 0.25) is 0 Å². The van der Waals surface area contributed by atoms with Crippen LogP contribution in [-0.4, -0.2) is 23.9 Å². The van der Waals surface area contributed by atoms with Gasteiger partial charge in [-0.05, 0) is 56.9 Å². The number of imide groups is 1. The second-order valence-corrected chi connectivity index (χ2v) is 8.98. The SMILES string of the molecule is CC1=C(C=O)[C@@H](c2ccccc2)[C@@]2(C1)C(=O)N(C(=O)OC(C)(C)C)c1ccccc12. The molecule has 0 aromatic heterocycles. The summed E-state index contributed by atoms with van der Waals surface area (Å²) < 4.78 is 5.56. The summed E-state index contributed by atoms with van der Waals surface area (Å²) in [5, 5.41) is 0. The molecule has 0 N–H and O–H groups in total. The van der Waals surface area contributed by atoms with E-state index in [0.29, 0.717) is 17.7 Å². The third-order valence-corrected chi connectivity index (χ3v) is 5.89. The smallest absolute Gasteiger partial charge is 0.421 e. The molecule has 2 aromatic carbocycles. The predicted octanol–water partition coefficient (Wildman–Crippen LogP) is 4.91. The monoisotopic (exact) mass is 403 g/mol. The van der Waals surface area contributed by atoms with Gasteiger partial charge in [-0.2, -0.15) is 0 Å².